The Morgan fingerprint density at radius 2 is 1.94 bits per heavy atom. The van der Waals surface area contributed by atoms with E-state index in [2.05, 4.69) is 0 Å². The van der Waals surface area contributed by atoms with Crippen LogP contribution in [0.3, 0.4) is 0 Å². The first-order valence-electron chi connectivity index (χ1n) is 6.08. The molecule has 102 valence electrons. The predicted molar refractivity (Wildman–Crippen MR) is 63.7 cm³/mol. The fourth-order valence-electron chi connectivity index (χ4n) is 1.11. The summed E-state index contributed by atoms with van der Waals surface area (Å²) >= 11 is 0. The normalized spacial score (nSPS) is 12.8. The van der Waals surface area contributed by atoms with Gasteiger partial charge in [0.15, 0.2) is 6.10 Å². The van der Waals surface area contributed by atoms with Gasteiger partial charge in [0.1, 0.15) is 0 Å². The fraction of sp³-hybridized carbons (Fsp3) is 0.917. The van der Waals surface area contributed by atoms with Gasteiger partial charge in [0, 0.05) is 0 Å². The van der Waals surface area contributed by atoms with Crippen molar-refractivity contribution < 1.29 is 24.1 Å². The van der Waals surface area contributed by atoms with Gasteiger partial charge in [-0.3, -0.25) is 0 Å². The molecule has 0 rings (SSSR count). The summed E-state index contributed by atoms with van der Waals surface area (Å²) in [5, 5.41) is 8.49. The molecule has 0 saturated carbocycles. The topological polar surface area (TPSA) is 65.0 Å². The number of aliphatic hydroxyl groups excluding tert-OH is 1. The highest BCUT2D eigenvalue weighted by molar-refractivity contribution is 5.74. The lowest BCUT2D eigenvalue weighted by atomic mass is 10.2. The average molecular weight is 248 g/mol. The fourth-order valence-corrected chi connectivity index (χ4v) is 1.11. The van der Waals surface area contributed by atoms with Gasteiger partial charge in [-0.05, 0) is 12.3 Å². The van der Waals surface area contributed by atoms with Gasteiger partial charge >= 0.3 is 5.97 Å². The van der Waals surface area contributed by atoms with Crippen molar-refractivity contribution in [1.82, 2.24) is 0 Å². The van der Waals surface area contributed by atoms with Crippen LogP contribution in [-0.4, -0.2) is 50.2 Å². The first-order valence-corrected chi connectivity index (χ1v) is 6.08. The molecule has 0 aliphatic carbocycles. The van der Waals surface area contributed by atoms with Crippen LogP contribution in [0.2, 0.25) is 0 Å². The molecular weight excluding hydrogens is 224 g/mol. The molecule has 0 aliphatic rings. The lowest BCUT2D eigenvalue weighted by Crippen LogP contribution is -2.28. The van der Waals surface area contributed by atoms with Crippen LogP contribution in [0.15, 0.2) is 0 Å². The smallest absolute Gasteiger partial charge is 0.335 e. The molecule has 0 amide bonds. The molecule has 0 spiro atoms. The number of ether oxygens (including phenoxy) is 3. The number of hydrogen-bond donors (Lipinski definition) is 1. The average Bonchev–Trinajstić information content (AvgIpc) is 2.31. The Balaban J connectivity index is 3.70. The van der Waals surface area contributed by atoms with Gasteiger partial charge in [-0.15, -0.1) is 0 Å². The van der Waals surface area contributed by atoms with Crippen LogP contribution in [0.25, 0.3) is 0 Å². The standard InChI is InChI=1S/C12H24O5/c1-4-11(12(14)17-9-10(2)3)16-8-7-15-6-5-13/h10-11,13H,4-9H2,1-3H3. The van der Waals surface area contributed by atoms with E-state index in [4.69, 9.17) is 19.3 Å². The molecule has 1 atom stereocenters. The molecular formula is C12H24O5. The Morgan fingerprint density at radius 3 is 2.47 bits per heavy atom. The number of rotatable bonds is 10. The van der Waals surface area contributed by atoms with Gasteiger partial charge in [-0.1, -0.05) is 20.8 Å². The lowest BCUT2D eigenvalue weighted by molar-refractivity contribution is -0.159. The second-order valence-electron chi connectivity index (χ2n) is 4.13. The quantitative estimate of drug-likeness (QED) is 0.461. The van der Waals surface area contributed by atoms with Crippen LogP contribution in [0, 0.1) is 5.92 Å². The SMILES string of the molecule is CCC(OCCOCCO)C(=O)OCC(C)C. The third-order valence-corrected chi connectivity index (χ3v) is 1.97. The van der Waals surface area contributed by atoms with Gasteiger partial charge in [-0.25, -0.2) is 4.79 Å². The van der Waals surface area contributed by atoms with Crippen LogP contribution in [-0.2, 0) is 19.0 Å². The molecule has 0 saturated heterocycles. The summed E-state index contributed by atoms with van der Waals surface area (Å²) in [6.45, 7) is 7.24. The van der Waals surface area contributed by atoms with Crippen LogP contribution in [0.5, 0.6) is 0 Å². The highest BCUT2D eigenvalue weighted by Gasteiger charge is 2.18. The Labute approximate surface area is 103 Å². The predicted octanol–water partition coefficient (Wildman–Crippen LogP) is 0.990. The molecule has 5 heteroatoms. The molecule has 0 aromatic heterocycles. The van der Waals surface area contributed by atoms with E-state index in [-0.39, 0.29) is 19.2 Å². The molecule has 0 aromatic rings. The first-order chi connectivity index (χ1) is 8.11. The molecule has 1 N–H and O–H groups in total. The first kappa shape index (κ1) is 16.4. The number of carbonyl (C=O) groups is 1. The summed E-state index contributed by atoms with van der Waals surface area (Å²) < 4.78 is 15.5. The summed E-state index contributed by atoms with van der Waals surface area (Å²) in [5.41, 5.74) is 0. The summed E-state index contributed by atoms with van der Waals surface area (Å²) in [5.74, 6) is 0.00713. The Hall–Kier alpha value is -0.650. The molecule has 0 aliphatic heterocycles. The molecule has 0 radical (unpaired) electrons. The zero-order valence-corrected chi connectivity index (χ0v) is 11.0. The number of carbonyl (C=O) groups excluding carboxylic acids is 1. The summed E-state index contributed by atoms with van der Waals surface area (Å²) in [6.07, 6.45) is 0.0585. The largest absolute Gasteiger partial charge is 0.463 e. The van der Waals surface area contributed by atoms with Crippen LogP contribution in [0.1, 0.15) is 27.2 Å². The molecule has 0 bridgehead atoms. The minimum Gasteiger partial charge on any atom is -0.463 e. The maximum absolute atomic E-state index is 11.6. The molecule has 1 unspecified atom stereocenters. The molecule has 17 heavy (non-hydrogen) atoms. The van der Waals surface area contributed by atoms with E-state index in [0.717, 1.165) is 0 Å². The van der Waals surface area contributed by atoms with Crippen molar-refractivity contribution in [3.05, 3.63) is 0 Å². The van der Waals surface area contributed by atoms with Crippen molar-refractivity contribution >= 4 is 5.97 Å². The second-order valence-corrected chi connectivity index (χ2v) is 4.13. The monoisotopic (exact) mass is 248 g/mol. The minimum absolute atomic E-state index is 0.00631. The van der Waals surface area contributed by atoms with Crippen molar-refractivity contribution in [2.24, 2.45) is 5.92 Å². The summed E-state index contributed by atoms with van der Waals surface area (Å²) in [6, 6.07) is 0. The minimum atomic E-state index is -0.522. The maximum Gasteiger partial charge on any atom is 0.335 e. The van der Waals surface area contributed by atoms with Crippen molar-refractivity contribution in [3.8, 4) is 0 Å². The van der Waals surface area contributed by atoms with E-state index >= 15 is 0 Å². The lowest BCUT2D eigenvalue weighted by Gasteiger charge is -2.16. The van der Waals surface area contributed by atoms with Gasteiger partial charge in [0.05, 0.1) is 33.0 Å². The van der Waals surface area contributed by atoms with E-state index in [1.807, 2.05) is 20.8 Å². The van der Waals surface area contributed by atoms with Crippen molar-refractivity contribution in [2.45, 2.75) is 33.3 Å². The maximum atomic E-state index is 11.6. The van der Waals surface area contributed by atoms with Gasteiger partial charge in [-0.2, -0.15) is 0 Å². The van der Waals surface area contributed by atoms with E-state index in [1.54, 1.807) is 0 Å². The molecule has 0 heterocycles. The van der Waals surface area contributed by atoms with Crippen molar-refractivity contribution in [3.63, 3.8) is 0 Å². The number of aliphatic hydroxyl groups is 1. The van der Waals surface area contributed by atoms with Crippen molar-refractivity contribution in [2.75, 3.05) is 33.0 Å². The molecule has 5 nitrogen and oxygen atoms in total. The third kappa shape index (κ3) is 9.09. The van der Waals surface area contributed by atoms with Gasteiger partial charge < -0.3 is 19.3 Å². The zero-order chi connectivity index (χ0) is 13.1. The highest BCUT2D eigenvalue weighted by atomic mass is 16.6. The third-order valence-electron chi connectivity index (χ3n) is 1.97. The Bertz CT molecular complexity index is 193. The highest BCUT2D eigenvalue weighted by Crippen LogP contribution is 2.03. The van der Waals surface area contributed by atoms with E-state index in [9.17, 15) is 4.79 Å². The molecule has 0 fully saturated rings. The number of hydrogen-bond acceptors (Lipinski definition) is 5. The zero-order valence-electron chi connectivity index (χ0n) is 11.0. The van der Waals surface area contributed by atoms with Gasteiger partial charge in [0.2, 0.25) is 0 Å². The number of esters is 1. The van der Waals surface area contributed by atoms with Crippen molar-refractivity contribution in [1.29, 1.82) is 0 Å². The van der Waals surface area contributed by atoms with Gasteiger partial charge in [0.25, 0.3) is 0 Å². The Kier molecular flexibility index (Phi) is 10.1. The van der Waals surface area contributed by atoms with E-state index in [0.29, 0.717) is 32.2 Å². The van der Waals surface area contributed by atoms with Crippen LogP contribution < -0.4 is 0 Å². The summed E-state index contributed by atoms with van der Waals surface area (Å²) in [7, 11) is 0. The molecule has 0 aromatic carbocycles. The van der Waals surface area contributed by atoms with E-state index < -0.39 is 6.10 Å². The van der Waals surface area contributed by atoms with Crippen LogP contribution >= 0.6 is 0 Å². The second kappa shape index (κ2) is 10.5. The van der Waals surface area contributed by atoms with E-state index in [1.165, 1.54) is 0 Å². The van der Waals surface area contributed by atoms with Crippen LogP contribution in [0.4, 0.5) is 0 Å². The summed E-state index contributed by atoms with van der Waals surface area (Å²) in [4.78, 5) is 11.6. The Morgan fingerprint density at radius 1 is 1.24 bits per heavy atom.